The average Bonchev–Trinajstić information content (AvgIpc) is 2.14. The van der Waals surface area contributed by atoms with Crippen LogP contribution in [0.3, 0.4) is 0 Å². The van der Waals surface area contributed by atoms with E-state index in [1.807, 2.05) is 0 Å². The summed E-state index contributed by atoms with van der Waals surface area (Å²) in [5.41, 5.74) is 6.14. The lowest BCUT2D eigenvalue weighted by Gasteiger charge is -2.07. The van der Waals surface area contributed by atoms with Crippen LogP contribution in [0.5, 0.6) is 0 Å². The largest absolute Gasteiger partial charge is 0.330 e. The van der Waals surface area contributed by atoms with E-state index < -0.39 is 15.7 Å². The van der Waals surface area contributed by atoms with Crippen molar-refractivity contribution in [1.82, 2.24) is 0 Å². The van der Waals surface area contributed by atoms with E-state index in [9.17, 15) is 12.8 Å². The van der Waals surface area contributed by atoms with Gasteiger partial charge < -0.3 is 5.73 Å². The van der Waals surface area contributed by atoms with Crippen molar-refractivity contribution >= 4 is 25.8 Å². The van der Waals surface area contributed by atoms with E-state index in [0.717, 1.165) is 24.7 Å². The second-order valence-electron chi connectivity index (χ2n) is 3.91. The molecule has 0 spiro atoms. The number of hydrogen-bond acceptors (Lipinski definition) is 3. The Balaban J connectivity index is 3.02. The molecule has 0 fully saturated rings. The van der Waals surface area contributed by atoms with Gasteiger partial charge in [-0.2, -0.15) is 0 Å². The molecule has 0 saturated heterocycles. The minimum atomic E-state index is -3.55. The van der Waals surface area contributed by atoms with Gasteiger partial charge in [0, 0.05) is 10.7 Å². The van der Waals surface area contributed by atoms with Crippen LogP contribution in [0.2, 0.25) is 0 Å². The summed E-state index contributed by atoms with van der Waals surface area (Å²) in [4.78, 5) is -0.278. The Bertz CT molecular complexity index is 479. The monoisotopic (exact) mass is 323 g/mol. The predicted octanol–water partition coefficient (Wildman–Crippen LogP) is 2.27. The Morgan fingerprint density at radius 3 is 2.47 bits per heavy atom. The molecule has 0 bridgehead atoms. The molecular weight excluding hydrogens is 309 g/mol. The maximum atomic E-state index is 13.7. The van der Waals surface area contributed by atoms with E-state index in [1.165, 1.54) is 6.07 Å². The number of aryl methyl sites for hydroxylation is 1. The third-order valence-electron chi connectivity index (χ3n) is 2.35. The van der Waals surface area contributed by atoms with Crippen LogP contribution in [0, 0.1) is 5.82 Å². The van der Waals surface area contributed by atoms with Crippen LogP contribution >= 0.6 is 15.9 Å². The zero-order chi connectivity index (χ0) is 13.1. The maximum Gasteiger partial charge on any atom is 0.179 e. The highest BCUT2D eigenvalue weighted by Crippen LogP contribution is 2.27. The lowest BCUT2D eigenvalue weighted by Crippen LogP contribution is -2.04. The fourth-order valence-corrected chi connectivity index (χ4v) is 3.78. The van der Waals surface area contributed by atoms with Crippen LogP contribution in [0.15, 0.2) is 21.5 Å². The smallest absolute Gasteiger partial charge is 0.179 e. The fourth-order valence-electron chi connectivity index (χ4n) is 1.58. The number of halogens is 2. The first-order chi connectivity index (χ1) is 7.86. The highest BCUT2D eigenvalue weighted by atomic mass is 79.9. The summed E-state index contributed by atoms with van der Waals surface area (Å²) in [5, 5.41) is 0. The van der Waals surface area contributed by atoms with Crippen molar-refractivity contribution in [2.75, 3.05) is 12.8 Å². The van der Waals surface area contributed by atoms with Crippen LogP contribution in [-0.4, -0.2) is 21.2 Å². The van der Waals surface area contributed by atoms with Crippen molar-refractivity contribution in [3.8, 4) is 0 Å². The molecule has 0 radical (unpaired) electrons. The van der Waals surface area contributed by atoms with Gasteiger partial charge >= 0.3 is 0 Å². The number of benzene rings is 1. The highest BCUT2D eigenvalue weighted by molar-refractivity contribution is 9.10. The van der Waals surface area contributed by atoms with Gasteiger partial charge in [0.2, 0.25) is 0 Å². The summed E-state index contributed by atoms with van der Waals surface area (Å²) < 4.78 is 36.7. The SMILES string of the molecule is CS(=O)(=O)c1c(F)cc(CCCCN)cc1Br. The van der Waals surface area contributed by atoms with Crippen molar-refractivity contribution in [3.05, 3.63) is 28.0 Å². The van der Waals surface area contributed by atoms with Gasteiger partial charge in [0.15, 0.2) is 9.84 Å². The molecule has 17 heavy (non-hydrogen) atoms. The Kier molecular flexibility index (Phi) is 5.09. The number of hydrogen-bond donors (Lipinski definition) is 1. The maximum absolute atomic E-state index is 13.7. The Morgan fingerprint density at radius 2 is 2.00 bits per heavy atom. The predicted molar refractivity (Wildman–Crippen MR) is 69.2 cm³/mol. The van der Waals surface area contributed by atoms with Crippen LogP contribution < -0.4 is 5.73 Å². The van der Waals surface area contributed by atoms with Crippen LogP contribution in [0.4, 0.5) is 4.39 Å². The molecule has 6 heteroatoms. The van der Waals surface area contributed by atoms with Crippen molar-refractivity contribution < 1.29 is 12.8 Å². The molecule has 0 aliphatic heterocycles. The molecule has 3 nitrogen and oxygen atoms in total. The Morgan fingerprint density at radius 1 is 1.35 bits per heavy atom. The van der Waals surface area contributed by atoms with E-state index in [-0.39, 0.29) is 9.37 Å². The van der Waals surface area contributed by atoms with Gasteiger partial charge in [-0.25, -0.2) is 12.8 Å². The minimum Gasteiger partial charge on any atom is -0.330 e. The van der Waals surface area contributed by atoms with Gasteiger partial charge in [-0.3, -0.25) is 0 Å². The zero-order valence-corrected chi connectivity index (χ0v) is 11.9. The average molecular weight is 324 g/mol. The summed E-state index contributed by atoms with van der Waals surface area (Å²) in [6, 6.07) is 2.92. The molecule has 0 saturated carbocycles. The Labute approximate surface area is 109 Å². The number of nitrogens with two attached hydrogens (primary N) is 1. The summed E-state index contributed by atoms with van der Waals surface area (Å²) in [5.74, 6) is -0.704. The second kappa shape index (κ2) is 5.93. The third kappa shape index (κ3) is 4.04. The molecule has 0 unspecified atom stereocenters. The highest BCUT2D eigenvalue weighted by Gasteiger charge is 2.18. The third-order valence-corrected chi connectivity index (χ3v) is 4.39. The lowest BCUT2D eigenvalue weighted by atomic mass is 10.1. The van der Waals surface area contributed by atoms with Gasteiger partial charge in [-0.15, -0.1) is 0 Å². The molecule has 2 N–H and O–H groups in total. The first-order valence-corrected chi connectivity index (χ1v) is 7.92. The molecule has 1 aromatic rings. The minimum absolute atomic E-state index is 0.278. The number of unbranched alkanes of at least 4 members (excludes halogenated alkanes) is 1. The summed E-state index contributed by atoms with van der Waals surface area (Å²) >= 11 is 3.10. The quantitative estimate of drug-likeness (QED) is 0.845. The number of rotatable bonds is 5. The van der Waals surface area contributed by atoms with Gasteiger partial charge in [-0.05, 0) is 59.4 Å². The molecule has 1 aromatic carbocycles. The van der Waals surface area contributed by atoms with Crippen molar-refractivity contribution in [1.29, 1.82) is 0 Å². The van der Waals surface area contributed by atoms with Gasteiger partial charge in [0.25, 0.3) is 0 Å². The van der Waals surface area contributed by atoms with E-state index >= 15 is 0 Å². The van der Waals surface area contributed by atoms with Crippen molar-refractivity contribution in [2.45, 2.75) is 24.2 Å². The number of sulfone groups is 1. The van der Waals surface area contributed by atoms with Gasteiger partial charge in [-0.1, -0.05) is 0 Å². The molecule has 0 heterocycles. The van der Waals surface area contributed by atoms with E-state index in [2.05, 4.69) is 15.9 Å². The normalized spacial score (nSPS) is 11.8. The molecule has 1 rings (SSSR count). The molecule has 0 aromatic heterocycles. The van der Waals surface area contributed by atoms with E-state index in [1.54, 1.807) is 6.07 Å². The molecular formula is C11H15BrFNO2S. The van der Waals surface area contributed by atoms with E-state index in [0.29, 0.717) is 13.0 Å². The molecule has 0 aliphatic rings. The molecule has 0 atom stereocenters. The molecule has 96 valence electrons. The van der Waals surface area contributed by atoms with Crippen LogP contribution in [0.1, 0.15) is 18.4 Å². The standard InChI is InChI=1S/C11H15BrFNO2S/c1-17(15,16)11-9(12)6-8(7-10(11)13)4-2-3-5-14/h6-7H,2-5,14H2,1H3. The first-order valence-electron chi connectivity index (χ1n) is 5.24. The molecule has 0 amide bonds. The topological polar surface area (TPSA) is 60.2 Å². The summed E-state index contributed by atoms with van der Waals surface area (Å²) in [6.45, 7) is 0.602. The van der Waals surface area contributed by atoms with Crippen molar-refractivity contribution in [3.63, 3.8) is 0 Å². The lowest BCUT2D eigenvalue weighted by molar-refractivity contribution is 0.567. The van der Waals surface area contributed by atoms with Gasteiger partial charge in [0.1, 0.15) is 10.7 Å². The molecule has 0 aliphatic carbocycles. The van der Waals surface area contributed by atoms with E-state index in [4.69, 9.17) is 5.73 Å². The summed E-state index contributed by atoms with van der Waals surface area (Å²) in [6.07, 6.45) is 3.41. The van der Waals surface area contributed by atoms with Crippen LogP contribution in [-0.2, 0) is 16.3 Å². The summed E-state index contributed by atoms with van der Waals surface area (Å²) in [7, 11) is -3.55. The zero-order valence-electron chi connectivity index (χ0n) is 9.54. The van der Waals surface area contributed by atoms with Gasteiger partial charge in [0.05, 0.1) is 0 Å². The first kappa shape index (κ1) is 14.6. The Hall–Kier alpha value is -0.460. The second-order valence-corrected chi connectivity index (χ2v) is 6.71. The van der Waals surface area contributed by atoms with Crippen LogP contribution in [0.25, 0.3) is 0 Å². The fraction of sp³-hybridized carbons (Fsp3) is 0.455. The van der Waals surface area contributed by atoms with Crippen molar-refractivity contribution in [2.24, 2.45) is 5.73 Å².